The van der Waals surface area contributed by atoms with Gasteiger partial charge in [-0.25, -0.2) is 4.79 Å². The molecule has 16 heavy (non-hydrogen) atoms. The first-order chi connectivity index (χ1) is 7.65. The van der Waals surface area contributed by atoms with Gasteiger partial charge in [-0.3, -0.25) is 4.98 Å². The van der Waals surface area contributed by atoms with Crippen molar-refractivity contribution in [1.82, 2.24) is 4.98 Å². The average molecular weight is 284 g/mol. The van der Waals surface area contributed by atoms with E-state index < -0.39 is 5.97 Å². The highest BCUT2D eigenvalue weighted by Crippen LogP contribution is 2.24. The van der Waals surface area contributed by atoms with Crippen molar-refractivity contribution in [1.29, 1.82) is 0 Å². The molecule has 0 saturated heterocycles. The molecule has 0 unspecified atom stereocenters. The summed E-state index contributed by atoms with van der Waals surface area (Å²) >= 11 is 3.24. The van der Waals surface area contributed by atoms with Gasteiger partial charge < -0.3 is 14.3 Å². The smallest absolute Gasteiger partial charge is 0.371 e. The van der Waals surface area contributed by atoms with Crippen LogP contribution in [0.4, 0.5) is 0 Å². The minimum absolute atomic E-state index is 0.109. The molecule has 2 aromatic heterocycles. The van der Waals surface area contributed by atoms with Crippen molar-refractivity contribution in [2.24, 2.45) is 0 Å². The number of hydrogen-bond acceptors (Lipinski definition) is 4. The highest BCUT2D eigenvalue weighted by Gasteiger charge is 2.10. The Kier molecular flexibility index (Phi) is 2.91. The molecule has 2 rings (SSSR count). The number of hydrogen-bond donors (Lipinski definition) is 1. The van der Waals surface area contributed by atoms with Crippen LogP contribution in [0.5, 0.6) is 11.7 Å². The number of carbonyl (C=O) groups is 1. The Balaban J connectivity index is 2.17. The van der Waals surface area contributed by atoms with Crippen LogP contribution in [-0.4, -0.2) is 16.1 Å². The lowest BCUT2D eigenvalue weighted by Gasteiger charge is -2.00. The van der Waals surface area contributed by atoms with E-state index in [0.29, 0.717) is 5.75 Å². The highest BCUT2D eigenvalue weighted by atomic mass is 79.9. The van der Waals surface area contributed by atoms with Crippen LogP contribution in [-0.2, 0) is 0 Å². The minimum Gasteiger partial charge on any atom is -0.475 e. The van der Waals surface area contributed by atoms with Gasteiger partial charge in [-0.15, -0.1) is 0 Å². The van der Waals surface area contributed by atoms with Crippen molar-refractivity contribution in [2.75, 3.05) is 0 Å². The second kappa shape index (κ2) is 4.36. The molecule has 6 heteroatoms. The van der Waals surface area contributed by atoms with Gasteiger partial charge in [-0.2, -0.15) is 0 Å². The van der Waals surface area contributed by atoms with Crippen LogP contribution >= 0.6 is 15.9 Å². The Labute approximate surface area is 98.8 Å². The molecule has 0 aromatic carbocycles. The molecule has 0 aliphatic carbocycles. The van der Waals surface area contributed by atoms with Crippen LogP contribution in [0.3, 0.4) is 0 Å². The lowest BCUT2D eigenvalue weighted by molar-refractivity contribution is 0.0657. The number of ether oxygens (including phenoxy) is 1. The van der Waals surface area contributed by atoms with E-state index in [1.165, 1.54) is 18.3 Å². The van der Waals surface area contributed by atoms with Gasteiger partial charge in [-0.05, 0) is 28.1 Å². The summed E-state index contributed by atoms with van der Waals surface area (Å²) in [4.78, 5) is 14.4. The number of aromatic nitrogens is 1. The van der Waals surface area contributed by atoms with Crippen LogP contribution in [0.1, 0.15) is 10.6 Å². The highest BCUT2D eigenvalue weighted by molar-refractivity contribution is 9.10. The first kappa shape index (κ1) is 10.7. The standard InChI is InChI=1S/C10H6BrNO4/c11-6-3-7(5-12-4-6)15-9-2-1-8(16-9)10(13)14/h1-5H,(H,13,14). The van der Waals surface area contributed by atoms with E-state index in [4.69, 9.17) is 14.3 Å². The summed E-state index contributed by atoms with van der Waals surface area (Å²) in [5, 5.41) is 8.64. The zero-order chi connectivity index (χ0) is 11.5. The minimum atomic E-state index is -1.14. The van der Waals surface area contributed by atoms with Crippen molar-refractivity contribution in [3.8, 4) is 11.7 Å². The summed E-state index contributed by atoms with van der Waals surface area (Å²) in [6.07, 6.45) is 3.10. The number of halogens is 1. The molecule has 0 bridgehead atoms. The predicted octanol–water partition coefficient (Wildman–Crippen LogP) is 2.93. The Hall–Kier alpha value is -1.82. The van der Waals surface area contributed by atoms with Crippen molar-refractivity contribution < 1.29 is 19.1 Å². The molecular weight excluding hydrogens is 278 g/mol. The molecule has 2 aromatic rings. The van der Waals surface area contributed by atoms with Gasteiger partial charge in [0.25, 0.3) is 5.95 Å². The summed E-state index contributed by atoms with van der Waals surface area (Å²) in [6.45, 7) is 0. The maximum atomic E-state index is 10.6. The quantitative estimate of drug-likeness (QED) is 0.938. The summed E-state index contributed by atoms with van der Waals surface area (Å²) < 4.78 is 11.0. The Morgan fingerprint density at radius 1 is 1.44 bits per heavy atom. The topological polar surface area (TPSA) is 72.6 Å². The van der Waals surface area contributed by atoms with Crippen molar-refractivity contribution in [3.63, 3.8) is 0 Å². The van der Waals surface area contributed by atoms with E-state index in [2.05, 4.69) is 20.9 Å². The Morgan fingerprint density at radius 2 is 2.25 bits per heavy atom. The van der Waals surface area contributed by atoms with E-state index in [9.17, 15) is 4.79 Å². The first-order valence-corrected chi connectivity index (χ1v) is 5.06. The predicted molar refractivity (Wildman–Crippen MR) is 57.7 cm³/mol. The number of carboxylic acid groups (broad SMARTS) is 1. The monoisotopic (exact) mass is 283 g/mol. The second-order valence-corrected chi connectivity index (χ2v) is 3.78. The van der Waals surface area contributed by atoms with Gasteiger partial charge in [0.1, 0.15) is 5.75 Å². The fourth-order valence-electron chi connectivity index (χ4n) is 1.05. The third-order valence-corrected chi connectivity index (χ3v) is 2.12. The molecule has 0 fully saturated rings. The lowest BCUT2D eigenvalue weighted by Crippen LogP contribution is -1.91. The molecule has 0 saturated carbocycles. The van der Waals surface area contributed by atoms with E-state index in [1.54, 1.807) is 12.3 Å². The fourth-order valence-corrected chi connectivity index (χ4v) is 1.40. The van der Waals surface area contributed by atoms with Crippen molar-refractivity contribution >= 4 is 21.9 Å². The van der Waals surface area contributed by atoms with Gasteiger partial charge >= 0.3 is 5.97 Å². The number of aromatic carboxylic acids is 1. The number of rotatable bonds is 3. The Morgan fingerprint density at radius 3 is 2.88 bits per heavy atom. The first-order valence-electron chi connectivity index (χ1n) is 4.26. The number of pyridine rings is 1. The molecule has 0 aliphatic rings. The van der Waals surface area contributed by atoms with Gasteiger partial charge in [-0.1, -0.05) is 0 Å². The van der Waals surface area contributed by atoms with E-state index in [1.807, 2.05) is 0 Å². The van der Waals surface area contributed by atoms with Gasteiger partial charge in [0.15, 0.2) is 0 Å². The van der Waals surface area contributed by atoms with Crippen LogP contribution in [0.2, 0.25) is 0 Å². The van der Waals surface area contributed by atoms with Crippen LogP contribution in [0.25, 0.3) is 0 Å². The lowest BCUT2D eigenvalue weighted by atomic mass is 10.4. The van der Waals surface area contributed by atoms with Gasteiger partial charge in [0.05, 0.1) is 6.20 Å². The maximum Gasteiger partial charge on any atom is 0.371 e. The molecule has 2 heterocycles. The number of nitrogens with zero attached hydrogens (tertiary/aromatic N) is 1. The third kappa shape index (κ3) is 2.40. The summed E-state index contributed by atoms with van der Waals surface area (Å²) in [7, 11) is 0. The number of furan rings is 1. The van der Waals surface area contributed by atoms with Gasteiger partial charge in [0.2, 0.25) is 5.76 Å². The maximum absolute atomic E-state index is 10.6. The number of carboxylic acids is 1. The molecule has 0 amide bonds. The van der Waals surface area contributed by atoms with E-state index in [-0.39, 0.29) is 11.7 Å². The second-order valence-electron chi connectivity index (χ2n) is 2.86. The molecule has 5 nitrogen and oxygen atoms in total. The zero-order valence-corrected chi connectivity index (χ0v) is 9.47. The zero-order valence-electron chi connectivity index (χ0n) is 7.88. The average Bonchev–Trinajstić information content (AvgIpc) is 2.66. The van der Waals surface area contributed by atoms with Gasteiger partial charge in [0, 0.05) is 16.7 Å². The Bertz CT molecular complexity index is 523. The SMILES string of the molecule is O=C(O)c1ccc(Oc2cncc(Br)c2)o1. The molecule has 1 N–H and O–H groups in total. The molecule has 0 aliphatic heterocycles. The molecular formula is C10H6BrNO4. The normalized spacial score (nSPS) is 10.1. The van der Waals surface area contributed by atoms with Crippen LogP contribution in [0.15, 0.2) is 39.5 Å². The molecule has 0 atom stereocenters. The molecule has 82 valence electrons. The van der Waals surface area contributed by atoms with Crippen molar-refractivity contribution in [3.05, 3.63) is 40.8 Å². The third-order valence-electron chi connectivity index (χ3n) is 1.69. The summed E-state index contributed by atoms with van der Waals surface area (Å²) in [6, 6.07) is 4.45. The summed E-state index contributed by atoms with van der Waals surface area (Å²) in [5.41, 5.74) is 0. The van der Waals surface area contributed by atoms with Crippen LogP contribution in [0, 0.1) is 0 Å². The fraction of sp³-hybridized carbons (Fsp3) is 0. The van der Waals surface area contributed by atoms with E-state index in [0.717, 1.165) is 4.47 Å². The van der Waals surface area contributed by atoms with Crippen LogP contribution < -0.4 is 4.74 Å². The van der Waals surface area contributed by atoms with E-state index >= 15 is 0 Å². The van der Waals surface area contributed by atoms with Crippen molar-refractivity contribution in [2.45, 2.75) is 0 Å². The summed E-state index contributed by atoms with van der Waals surface area (Å²) in [5.74, 6) is -0.738. The molecule has 0 radical (unpaired) electrons. The molecule has 0 spiro atoms. The largest absolute Gasteiger partial charge is 0.475 e.